The van der Waals surface area contributed by atoms with Crippen LogP contribution in [0.25, 0.3) is 11.0 Å². The zero-order valence-corrected chi connectivity index (χ0v) is 15.3. The van der Waals surface area contributed by atoms with Gasteiger partial charge >= 0.3 is 0 Å². The second-order valence-electron chi connectivity index (χ2n) is 6.09. The standard InChI is InChI=1S/C19H21N5O3/c1-4-9-23(11-14-5-7-15(27-3)8-6-14)17(25)12-24-13-20-18-16(19(24)26)10-21-22(18)2/h4-8,10,13H,1,9,11-12H2,2-3H3. The van der Waals surface area contributed by atoms with Crippen LogP contribution in [0, 0.1) is 0 Å². The van der Waals surface area contributed by atoms with Crippen LogP contribution >= 0.6 is 0 Å². The monoisotopic (exact) mass is 367 g/mol. The number of fused-ring (bicyclic) bond motifs is 1. The fraction of sp³-hybridized carbons (Fsp3) is 0.263. The van der Waals surface area contributed by atoms with Gasteiger partial charge in [0.15, 0.2) is 5.65 Å². The van der Waals surface area contributed by atoms with Crippen molar-refractivity contribution in [3.63, 3.8) is 0 Å². The Morgan fingerprint density at radius 3 is 2.74 bits per heavy atom. The number of carbonyl (C=O) groups excluding carboxylic acids is 1. The number of rotatable bonds is 7. The van der Waals surface area contributed by atoms with E-state index >= 15 is 0 Å². The predicted octanol–water partition coefficient (Wildman–Crippen LogP) is 1.35. The van der Waals surface area contributed by atoms with Crippen molar-refractivity contribution in [2.75, 3.05) is 13.7 Å². The first-order chi connectivity index (χ1) is 13.0. The molecule has 140 valence electrons. The summed E-state index contributed by atoms with van der Waals surface area (Å²) < 4.78 is 7.98. The van der Waals surface area contributed by atoms with Gasteiger partial charge in [0.25, 0.3) is 5.56 Å². The lowest BCUT2D eigenvalue weighted by Gasteiger charge is -2.22. The van der Waals surface area contributed by atoms with E-state index in [2.05, 4.69) is 16.7 Å². The summed E-state index contributed by atoms with van der Waals surface area (Å²) in [6.07, 6.45) is 4.50. The van der Waals surface area contributed by atoms with Crippen molar-refractivity contribution >= 4 is 16.9 Å². The fourth-order valence-electron chi connectivity index (χ4n) is 2.79. The lowest BCUT2D eigenvalue weighted by Crippen LogP contribution is -2.36. The van der Waals surface area contributed by atoms with Gasteiger partial charge in [-0.1, -0.05) is 18.2 Å². The Kier molecular flexibility index (Phi) is 5.35. The molecule has 0 saturated carbocycles. The summed E-state index contributed by atoms with van der Waals surface area (Å²) in [5, 5.41) is 4.42. The Bertz CT molecular complexity index is 1020. The molecule has 0 fully saturated rings. The highest BCUT2D eigenvalue weighted by molar-refractivity contribution is 5.77. The molecule has 0 aliphatic carbocycles. The number of amides is 1. The number of aryl methyl sites for hydroxylation is 1. The zero-order valence-electron chi connectivity index (χ0n) is 15.3. The van der Waals surface area contributed by atoms with E-state index in [0.29, 0.717) is 24.1 Å². The maximum atomic E-state index is 12.8. The minimum atomic E-state index is -0.288. The molecule has 8 heteroatoms. The van der Waals surface area contributed by atoms with Gasteiger partial charge in [-0.25, -0.2) is 4.98 Å². The van der Waals surface area contributed by atoms with Crippen molar-refractivity contribution in [1.82, 2.24) is 24.2 Å². The molecule has 27 heavy (non-hydrogen) atoms. The SMILES string of the molecule is C=CCN(Cc1ccc(OC)cc1)C(=O)Cn1cnc2c(cnn2C)c1=O. The number of ether oxygens (including phenoxy) is 1. The number of hydrogen-bond donors (Lipinski definition) is 0. The second kappa shape index (κ2) is 7.86. The molecule has 0 spiro atoms. The normalized spacial score (nSPS) is 10.7. The van der Waals surface area contributed by atoms with Gasteiger partial charge in [0.2, 0.25) is 5.91 Å². The van der Waals surface area contributed by atoms with Gasteiger partial charge in [-0.05, 0) is 17.7 Å². The van der Waals surface area contributed by atoms with Crippen LogP contribution in [0.3, 0.4) is 0 Å². The van der Waals surface area contributed by atoms with E-state index in [1.165, 1.54) is 21.8 Å². The van der Waals surface area contributed by atoms with Crippen molar-refractivity contribution in [1.29, 1.82) is 0 Å². The lowest BCUT2D eigenvalue weighted by atomic mass is 10.2. The fourth-order valence-corrected chi connectivity index (χ4v) is 2.79. The average Bonchev–Trinajstić information content (AvgIpc) is 3.06. The molecule has 3 rings (SSSR count). The Morgan fingerprint density at radius 1 is 1.33 bits per heavy atom. The molecule has 1 aromatic carbocycles. The molecule has 2 aromatic heterocycles. The van der Waals surface area contributed by atoms with E-state index in [-0.39, 0.29) is 18.0 Å². The van der Waals surface area contributed by atoms with E-state index in [4.69, 9.17) is 4.74 Å². The lowest BCUT2D eigenvalue weighted by molar-refractivity contribution is -0.132. The van der Waals surface area contributed by atoms with Gasteiger partial charge in [-0.3, -0.25) is 18.8 Å². The van der Waals surface area contributed by atoms with Crippen molar-refractivity contribution in [3.05, 3.63) is 65.4 Å². The highest BCUT2D eigenvalue weighted by Gasteiger charge is 2.16. The summed E-state index contributed by atoms with van der Waals surface area (Å²) >= 11 is 0. The highest BCUT2D eigenvalue weighted by Crippen LogP contribution is 2.13. The maximum absolute atomic E-state index is 12.8. The molecule has 0 bridgehead atoms. The van der Waals surface area contributed by atoms with Crippen LogP contribution < -0.4 is 10.3 Å². The molecule has 0 N–H and O–H groups in total. The van der Waals surface area contributed by atoms with Gasteiger partial charge < -0.3 is 9.64 Å². The number of nitrogens with zero attached hydrogens (tertiary/aromatic N) is 5. The molecule has 0 atom stereocenters. The first-order valence-corrected chi connectivity index (χ1v) is 8.42. The summed E-state index contributed by atoms with van der Waals surface area (Å²) in [5.74, 6) is 0.556. The third-order valence-corrected chi connectivity index (χ3v) is 4.26. The topological polar surface area (TPSA) is 82.2 Å². The molecule has 0 aliphatic heterocycles. The summed E-state index contributed by atoms with van der Waals surface area (Å²) in [4.78, 5) is 31.2. The summed E-state index contributed by atoms with van der Waals surface area (Å²) in [7, 11) is 3.32. The van der Waals surface area contributed by atoms with Crippen molar-refractivity contribution < 1.29 is 9.53 Å². The number of aromatic nitrogens is 4. The third-order valence-electron chi connectivity index (χ3n) is 4.26. The van der Waals surface area contributed by atoms with E-state index < -0.39 is 0 Å². The van der Waals surface area contributed by atoms with Gasteiger partial charge in [0, 0.05) is 20.1 Å². The van der Waals surface area contributed by atoms with Gasteiger partial charge in [0.05, 0.1) is 13.3 Å². The predicted molar refractivity (Wildman–Crippen MR) is 101 cm³/mol. The zero-order chi connectivity index (χ0) is 19.4. The van der Waals surface area contributed by atoms with Crippen LogP contribution in [0.1, 0.15) is 5.56 Å². The first-order valence-electron chi connectivity index (χ1n) is 8.42. The quantitative estimate of drug-likeness (QED) is 0.589. The Balaban J connectivity index is 1.79. The highest BCUT2D eigenvalue weighted by atomic mass is 16.5. The molecule has 3 aromatic rings. The minimum Gasteiger partial charge on any atom is -0.497 e. The summed E-state index contributed by atoms with van der Waals surface area (Å²) in [6, 6.07) is 7.49. The van der Waals surface area contributed by atoms with Crippen molar-refractivity contribution in [2.24, 2.45) is 7.05 Å². The number of benzene rings is 1. The van der Waals surface area contributed by atoms with Crippen LogP contribution in [0.4, 0.5) is 0 Å². The number of methoxy groups -OCH3 is 1. The van der Waals surface area contributed by atoms with Gasteiger partial charge in [-0.2, -0.15) is 5.10 Å². The van der Waals surface area contributed by atoms with Gasteiger partial charge in [-0.15, -0.1) is 6.58 Å². The van der Waals surface area contributed by atoms with Crippen LogP contribution in [0.15, 0.2) is 54.2 Å². The Morgan fingerprint density at radius 2 is 2.07 bits per heavy atom. The first kappa shape index (κ1) is 18.4. The molecule has 2 heterocycles. The molecular weight excluding hydrogens is 346 g/mol. The van der Waals surface area contributed by atoms with Crippen molar-refractivity contribution in [2.45, 2.75) is 13.1 Å². The van der Waals surface area contributed by atoms with E-state index in [0.717, 1.165) is 11.3 Å². The maximum Gasteiger partial charge on any atom is 0.264 e. The third kappa shape index (κ3) is 3.89. The average molecular weight is 367 g/mol. The summed E-state index contributed by atoms with van der Waals surface area (Å²) in [6.45, 7) is 4.40. The minimum absolute atomic E-state index is 0.0966. The molecule has 0 aliphatic rings. The van der Waals surface area contributed by atoms with Crippen molar-refractivity contribution in [3.8, 4) is 5.75 Å². The molecule has 0 saturated heterocycles. The van der Waals surface area contributed by atoms with Crippen LogP contribution in [-0.4, -0.2) is 43.8 Å². The summed E-state index contributed by atoms with van der Waals surface area (Å²) in [5.41, 5.74) is 1.16. The molecule has 0 unspecified atom stereocenters. The van der Waals surface area contributed by atoms with Crippen LogP contribution in [0.5, 0.6) is 5.75 Å². The Hall–Kier alpha value is -3.42. The van der Waals surface area contributed by atoms with Crippen LogP contribution in [-0.2, 0) is 24.9 Å². The molecule has 0 radical (unpaired) electrons. The molecular formula is C19H21N5O3. The number of hydrogen-bond acceptors (Lipinski definition) is 5. The second-order valence-corrected chi connectivity index (χ2v) is 6.09. The van der Waals surface area contributed by atoms with E-state index in [9.17, 15) is 9.59 Å². The number of carbonyl (C=O) groups is 1. The molecule has 1 amide bonds. The van der Waals surface area contributed by atoms with Crippen LogP contribution in [0.2, 0.25) is 0 Å². The molecule has 8 nitrogen and oxygen atoms in total. The van der Waals surface area contributed by atoms with E-state index in [1.54, 1.807) is 25.1 Å². The van der Waals surface area contributed by atoms with E-state index in [1.807, 2.05) is 24.3 Å². The smallest absolute Gasteiger partial charge is 0.264 e. The van der Waals surface area contributed by atoms with Gasteiger partial charge in [0.1, 0.15) is 24.0 Å². The largest absolute Gasteiger partial charge is 0.497 e. The Labute approximate surface area is 156 Å².